The zero-order valence-electron chi connectivity index (χ0n) is 10.3. The number of rotatable bonds is 3. The Kier molecular flexibility index (Phi) is 4.74. The topological polar surface area (TPSA) is 38.8 Å². The number of carbonyl (C=O) groups is 1. The Bertz CT molecular complexity index is 430. The second kappa shape index (κ2) is 6.31. The molecule has 1 saturated heterocycles. The van der Waals surface area contributed by atoms with Gasteiger partial charge in [0.05, 0.1) is 25.9 Å². The van der Waals surface area contributed by atoms with Crippen molar-refractivity contribution >= 4 is 21.9 Å². The minimum atomic E-state index is -0.306. The van der Waals surface area contributed by atoms with Crippen molar-refractivity contribution in [3.05, 3.63) is 33.8 Å². The van der Waals surface area contributed by atoms with Crippen LogP contribution in [0, 0.1) is 0 Å². The molecule has 4 nitrogen and oxygen atoms in total. The van der Waals surface area contributed by atoms with Gasteiger partial charge in [-0.05, 0) is 23.8 Å². The van der Waals surface area contributed by atoms with Crippen LogP contribution in [0.4, 0.5) is 0 Å². The zero-order chi connectivity index (χ0) is 13.0. The molecular weight excluding hydrogens is 298 g/mol. The molecule has 1 fully saturated rings. The van der Waals surface area contributed by atoms with Gasteiger partial charge in [0.2, 0.25) is 0 Å². The van der Waals surface area contributed by atoms with Crippen LogP contribution in [-0.2, 0) is 16.0 Å². The van der Waals surface area contributed by atoms with Crippen molar-refractivity contribution < 1.29 is 14.3 Å². The van der Waals surface area contributed by atoms with E-state index in [1.165, 1.54) is 7.11 Å². The van der Waals surface area contributed by atoms with E-state index in [0.29, 0.717) is 5.56 Å². The summed E-state index contributed by atoms with van der Waals surface area (Å²) in [7, 11) is 1.39. The summed E-state index contributed by atoms with van der Waals surface area (Å²) < 4.78 is 11.0. The molecule has 0 spiro atoms. The van der Waals surface area contributed by atoms with Gasteiger partial charge < -0.3 is 9.47 Å². The molecule has 1 aromatic carbocycles. The van der Waals surface area contributed by atoms with Crippen LogP contribution in [0.1, 0.15) is 15.9 Å². The molecule has 1 heterocycles. The van der Waals surface area contributed by atoms with Gasteiger partial charge in [0.15, 0.2) is 0 Å². The predicted octanol–water partition coefficient (Wildman–Crippen LogP) is 2.07. The molecule has 0 aromatic heterocycles. The normalized spacial score (nSPS) is 16.6. The lowest BCUT2D eigenvalue weighted by molar-refractivity contribution is 0.0341. The highest BCUT2D eigenvalue weighted by atomic mass is 79.9. The van der Waals surface area contributed by atoms with E-state index in [0.717, 1.165) is 42.9 Å². The number of ether oxygens (including phenoxy) is 2. The molecule has 5 heteroatoms. The van der Waals surface area contributed by atoms with Crippen LogP contribution in [0.3, 0.4) is 0 Å². The molecule has 1 aliphatic rings. The number of benzene rings is 1. The van der Waals surface area contributed by atoms with Crippen molar-refractivity contribution in [2.24, 2.45) is 0 Å². The molecule has 0 aliphatic carbocycles. The Labute approximate surface area is 115 Å². The number of nitrogens with zero attached hydrogens (tertiary/aromatic N) is 1. The number of morpholine rings is 1. The molecule has 0 bridgehead atoms. The van der Waals surface area contributed by atoms with Gasteiger partial charge in [-0.25, -0.2) is 4.79 Å². The summed E-state index contributed by atoms with van der Waals surface area (Å²) in [5.41, 5.74) is 1.68. The van der Waals surface area contributed by atoms with Crippen LogP contribution in [0.2, 0.25) is 0 Å². The van der Waals surface area contributed by atoms with Crippen LogP contribution in [-0.4, -0.2) is 44.3 Å². The first-order chi connectivity index (χ1) is 8.69. The molecule has 0 N–H and O–H groups in total. The van der Waals surface area contributed by atoms with E-state index in [1.807, 2.05) is 12.1 Å². The second-order valence-electron chi connectivity index (χ2n) is 4.23. The molecule has 1 aliphatic heterocycles. The van der Waals surface area contributed by atoms with Crippen molar-refractivity contribution in [1.82, 2.24) is 4.90 Å². The summed E-state index contributed by atoms with van der Waals surface area (Å²) in [6, 6.07) is 5.68. The Balaban J connectivity index is 2.11. The van der Waals surface area contributed by atoms with Crippen molar-refractivity contribution in [2.45, 2.75) is 6.54 Å². The number of carbonyl (C=O) groups excluding carboxylic acids is 1. The lowest BCUT2D eigenvalue weighted by Crippen LogP contribution is -2.35. The van der Waals surface area contributed by atoms with E-state index < -0.39 is 0 Å². The highest BCUT2D eigenvalue weighted by molar-refractivity contribution is 9.10. The maximum absolute atomic E-state index is 11.5. The van der Waals surface area contributed by atoms with E-state index in [2.05, 4.69) is 20.8 Å². The maximum Gasteiger partial charge on any atom is 0.337 e. The number of hydrogen-bond donors (Lipinski definition) is 0. The summed E-state index contributed by atoms with van der Waals surface area (Å²) in [4.78, 5) is 13.8. The Morgan fingerprint density at radius 1 is 1.39 bits per heavy atom. The third-order valence-electron chi connectivity index (χ3n) is 2.89. The van der Waals surface area contributed by atoms with Gasteiger partial charge in [0.25, 0.3) is 0 Å². The van der Waals surface area contributed by atoms with Gasteiger partial charge in [0, 0.05) is 24.1 Å². The lowest BCUT2D eigenvalue weighted by Gasteiger charge is -2.26. The summed E-state index contributed by atoms with van der Waals surface area (Å²) in [5.74, 6) is -0.306. The summed E-state index contributed by atoms with van der Waals surface area (Å²) >= 11 is 3.42. The summed E-state index contributed by atoms with van der Waals surface area (Å²) in [6.45, 7) is 4.24. The van der Waals surface area contributed by atoms with Crippen LogP contribution in [0.25, 0.3) is 0 Å². The van der Waals surface area contributed by atoms with E-state index in [9.17, 15) is 4.79 Å². The molecule has 98 valence electrons. The smallest absolute Gasteiger partial charge is 0.337 e. The monoisotopic (exact) mass is 313 g/mol. The quantitative estimate of drug-likeness (QED) is 0.801. The third kappa shape index (κ3) is 3.54. The van der Waals surface area contributed by atoms with E-state index in [-0.39, 0.29) is 5.97 Å². The van der Waals surface area contributed by atoms with Crippen LogP contribution in [0.15, 0.2) is 22.7 Å². The average Bonchev–Trinajstić information content (AvgIpc) is 2.38. The van der Waals surface area contributed by atoms with Gasteiger partial charge in [-0.3, -0.25) is 4.90 Å². The first kappa shape index (κ1) is 13.5. The average molecular weight is 314 g/mol. The fourth-order valence-electron chi connectivity index (χ4n) is 1.99. The first-order valence-electron chi connectivity index (χ1n) is 5.87. The van der Waals surface area contributed by atoms with Gasteiger partial charge in [-0.2, -0.15) is 0 Å². The van der Waals surface area contributed by atoms with Crippen molar-refractivity contribution in [3.63, 3.8) is 0 Å². The molecule has 2 rings (SSSR count). The minimum absolute atomic E-state index is 0.306. The van der Waals surface area contributed by atoms with Crippen LogP contribution in [0.5, 0.6) is 0 Å². The van der Waals surface area contributed by atoms with Gasteiger partial charge in [-0.15, -0.1) is 0 Å². The third-order valence-corrected chi connectivity index (χ3v) is 3.35. The standard InChI is InChI=1S/C13H16BrNO3/c1-17-13(16)11-6-10(7-12(14)8-11)9-15-2-4-18-5-3-15/h6-8H,2-5,9H2,1H3. The Morgan fingerprint density at radius 2 is 2.11 bits per heavy atom. The Hall–Kier alpha value is -0.910. The molecular formula is C13H16BrNO3. The van der Waals surface area contributed by atoms with Gasteiger partial charge in [-0.1, -0.05) is 15.9 Å². The predicted molar refractivity (Wildman–Crippen MR) is 71.6 cm³/mol. The molecule has 0 amide bonds. The van der Waals surface area contributed by atoms with Gasteiger partial charge in [0.1, 0.15) is 0 Å². The van der Waals surface area contributed by atoms with E-state index in [4.69, 9.17) is 9.47 Å². The first-order valence-corrected chi connectivity index (χ1v) is 6.66. The highest BCUT2D eigenvalue weighted by Crippen LogP contribution is 2.18. The number of methoxy groups -OCH3 is 1. The summed E-state index contributed by atoms with van der Waals surface area (Å²) in [5, 5.41) is 0. The lowest BCUT2D eigenvalue weighted by atomic mass is 10.1. The van der Waals surface area contributed by atoms with Crippen LogP contribution < -0.4 is 0 Å². The van der Waals surface area contributed by atoms with Crippen molar-refractivity contribution in [2.75, 3.05) is 33.4 Å². The molecule has 0 radical (unpaired) electrons. The largest absolute Gasteiger partial charge is 0.465 e. The number of halogens is 1. The van der Waals surface area contributed by atoms with Crippen molar-refractivity contribution in [1.29, 1.82) is 0 Å². The fraction of sp³-hybridized carbons (Fsp3) is 0.462. The fourth-order valence-corrected chi connectivity index (χ4v) is 2.54. The molecule has 1 aromatic rings. The minimum Gasteiger partial charge on any atom is -0.465 e. The summed E-state index contributed by atoms with van der Waals surface area (Å²) in [6.07, 6.45) is 0. The van der Waals surface area contributed by atoms with E-state index in [1.54, 1.807) is 6.07 Å². The second-order valence-corrected chi connectivity index (χ2v) is 5.14. The SMILES string of the molecule is COC(=O)c1cc(Br)cc(CN2CCOCC2)c1. The maximum atomic E-state index is 11.5. The number of hydrogen-bond acceptors (Lipinski definition) is 4. The Morgan fingerprint density at radius 3 is 2.78 bits per heavy atom. The molecule has 0 atom stereocenters. The van der Waals surface area contributed by atoms with E-state index >= 15 is 0 Å². The highest BCUT2D eigenvalue weighted by Gasteiger charge is 2.13. The van der Waals surface area contributed by atoms with Gasteiger partial charge >= 0.3 is 5.97 Å². The molecule has 0 unspecified atom stereocenters. The van der Waals surface area contributed by atoms with Crippen molar-refractivity contribution in [3.8, 4) is 0 Å². The molecule has 18 heavy (non-hydrogen) atoms. The zero-order valence-corrected chi connectivity index (χ0v) is 11.9. The van der Waals surface area contributed by atoms with Crippen LogP contribution >= 0.6 is 15.9 Å². The number of esters is 1. The molecule has 0 saturated carbocycles.